The van der Waals surface area contributed by atoms with Crippen molar-refractivity contribution in [2.45, 2.75) is 32.1 Å². The fourth-order valence-corrected chi connectivity index (χ4v) is 3.25. The molecule has 2 aromatic carbocycles. The number of amides is 1. The van der Waals surface area contributed by atoms with Gasteiger partial charge in [0.2, 0.25) is 5.91 Å². The molecule has 0 saturated heterocycles. The predicted octanol–water partition coefficient (Wildman–Crippen LogP) is 4.59. The Labute approximate surface area is 163 Å². The van der Waals surface area contributed by atoms with Gasteiger partial charge in [-0.2, -0.15) is 5.10 Å². The summed E-state index contributed by atoms with van der Waals surface area (Å²) in [4.78, 5) is 24.2. The smallest absolute Gasteiger partial charge is 0.345 e. The van der Waals surface area contributed by atoms with E-state index in [1.807, 2.05) is 0 Å². The SMILES string of the molecule is O=C(Oc1ccc(/C=N/NC(=O)C2CCCCC2)cc1)c1ccccc1Cl. The highest BCUT2D eigenvalue weighted by Crippen LogP contribution is 2.23. The first kappa shape index (κ1) is 19.1. The molecule has 5 nitrogen and oxygen atoms in total. The Bertz CT molecular complexity index is 828. The summed E-state index contributed by atoms with van der Waals surface area (Å²) < 4.78 is 5.32. The Balaban J connectivity index is 1.53. The van der Waals surface area contributed by atoms with Crippen molar-refractivity contribution in [3.8, 4) is 5.75 Å². The van der Waals surface area contributed by atoms with Crippen LogP contribution in [-0.2, 0) is 4.79 Å². The van der Waals surface area contributed by atoms with E-state index in [0.717, 1.165) is 31.2 Å². The van der Waals surface area contributed by atoms with Crippen LogP contribution in [0.1, 0.15) is 48.0 Å². The van der Waals surface area contributed by atoms with Crippen molar-refractivity contribution in [1.29, 1.82) is 0 Å². The molecule has 0 unspecified atom stereocenters. The van der Waals surface area contributed by atoms with E-state index in [1.165, 1.54) is 6.42 Å². The Morgan fingerprint density at radius 3 is 2.44 bits per heavy atom. The van der Waals surface area contributed by atoms with E-state index in [9.17, 15) is 9.59 Å². The average molecular weight is 385 g/mol. The summed E-state index contributed by atoms with van der Waals surface area (Å²) in [5.74, 6) is -0.0520. The van der Waals surface area contributed by atoms with Gasteiger partial charge in [-0.25, -0.2) is 10.2 Å². The molecular formula is C21H21ClN2O3. The van der Waals surface area contributed by atoms with Crippen LogP contribution in [0.3, 0.4) is 0 Å². The number of nitrogens with zero attached hydrogens (tertiary/aromatic N) is 1. The molecular weight excluding hydrogens is 364 g/mol. The van der Waals surface area contributed by atoms with Gasteiger partial charge in [-0.1, -0.05) is 43.0 Å². The summed E-state index contributed by atoms with van der Waals surface area (Å²) in [7, 11) is 0. The Morgan fingerprint density at radius 2 is 1.74 bits per heavy atom. The van der Waals surface area contributed by atoms with Crippen LogP contribution in [0.25, 0.3) is 0 Å². The normalized spacial score (nSPS) is 14.9. The van der Waals surface area contributed by atoms with Crippen LogP contribution < -0.4 is 10.2 Å². The maximum absolute atomic E-state index is 12.1. The van der Waals surface area contributed by atoms with Crippen molar-refractivity contribution in [1.82, 2.24) is 5.43 Å². The zero-order valence-corrected chi connectivity index (χ0v) is 15.6. The second kappa shape index (κ2) is 9.33. The van der Waals surface area contributed by atoms with Crippen LogP contribution in [0.15, 0.2) is 53.6 Å². The van der Waals surface area contributed by atoms with Gasteiger partial charge in [0.25, 0.3) is 0 Å². The fraction of sp³-hybridized carbons (Fsp3) is 0.286. The zero-order valence-electron chi connectivity index (χ0n) is 14.9. The molecule has 0 bridgehead atoms. The van der Waals surface area contributed by atoms with Gasteiger partial charge in [0.15, 0.2) is 0 Å². The van der Waals surface area contributed by atoms with Crippen LogP contribution >= 0.6 is 11.6 Å². The summed E-state index contributed by atoms with van der Waals surface area (Å²) in [5.41, 5.74) is 3.71. The molecule has 1 saturated carbocycles. The van der Waals surface area contributed by atoms with Crippen molar-refractivity contribution >= 4 is 29.7 Å². The van der Waals surface area contributed by atoms with Gasteiger partial charge in [-0.05, 0) is 54.8 Å². The van der Waals surface area contributed by atoms with Gasteiger partial charge in [0, 0.05) is 5.92 Å². The van der Waals surface area contributed by atoms with Crippen molar-refractivity contribution in [2.75, 3.05) is 0 Å². The highest BCUT2D eigenvalue weighted by atomic mass is 35.5. The lowest BCUT2D eigenvalue weighted by molar-refractivity contribution is -0.125. The molecule has 140 valence electrons. The van der Waals surface area contributed by atoms with Crippen LogP contribution in [-0.4, -0.2) is 18.1 Å². The monoisotopic (exact) mass is 384 g/mol. The predicted molar refractivity (Wildman–Crippen MR) is 105 cm³/mol. The molecule has 1 amide bonds. The van der Waals surface area contributed by atoms with E-state index in [2.05, 4.69) is 10.5 Å². The number of rotatable bonds is 5. The van der Waals surface area contributed by atoms with E-state index in [4.69, 9.17) is 16.3 Å². The first-order chi connectivity index (χ1) is 13.1. The summed E-state index contributed by atoms with van der Waals surface area (Å²) in [6, 6.07) is 13.6. The summed E-state index contributed by atoms with van der Waals surface area (Å²) >= 11 is 6.00. The first-order valence-corrected chi connectivity index (χ1v) is 9.41. The molecule has 6 heteroatoms. The minimum Gasteiger partial charge on any atom is -0.423 e. The largest absolute Gasteiger partial charge is 0.423 e. The minimum absolute atomic E-state index is 0.0174. The third kappa shape index (κ3) is 5.41. The molecule has 0 spiro atoms. The molecule has 0 atom stereocenters. The second-order valence-corrected chi connectivity index (χ2v) is 6.91. The van der Waals surface area contributed by atoms with Gasteiger partial charge in [-0.15, -0.1) is 0 Å². The van der Waals surface area contributed by atoms with E-state index < -0.39 is 5.97 Å². The molecule has 27 heavy (non-hydrogen) atoms. The number of hydrogen-bond donors (Lipinski definition) is 1. The summed E-state index contributed by atoms with van der Waals surface area (Å²) in [5, 5.41) is 4.36. The highest BCUT2D eigenvalue weighted by Gasteiger charge is 2.20. The maximum Gasteiger partial charge on any atom is 0.345 e. The fourth-order valence-electron chi connectivity index (χ4n) is 3.04. The number of hydrazone groups is 1. The molecule has 0 aliphatic heterocycles. The molecule has 0 aromatic heterocycles. The lowest BCUT2D eigenvalue weighted by atomic mass is 9.89. The van der Waals surface area contributed by atoms with Crippen molar-refractivity contribution < 1.29 is 14.3 Å². The first-order valence-electron chi connectivity index (χ1n) is 9.03. The quantitative estimate of drug-likeness (QED) is 0.355. The van der Waals surface area contributed by atoms with Gasteiger partial charge in [0.1, 0.15) is 5.75 Å². The number of halogens is 1. The standard InChI is InChI=1S/C21H21ClN2O3/c22-19-9-5-4-8-18(19)21(26)27-17-12-10-15(11-13-17)14-23-24-20(25)16-6-2-1-3-7-16/h4-5,8-14,16H,1-3,6-7H2,(H,24,25)/b23-14+. The number of ether oxygens (including phenoxy) is 1. The van der Waals surface area contributed by atoms with Crippen LogP contribution in [0.4, 0.5) is 0 Å². The number of esters is 1. The number of nitrogens with one attached hydrogen (secondary N) is 1. The van der Waals surface area contributed by atoms with Gasteiger partial charge >= 0.3 is 5.97 Å². The minimum atomic E-state index is -0.512. The van der Waals surface area contributed by atoms with Crippen molar-refractivity contribution in [3.63, 3.8) is 0 Å². The van der Waals surface area contributed by atoms with E-state index in [1.54, 1.807) is 54.7 Å². The molecule has 2 aromatic rings. The number of benzene rings is 2. The summed E-state index contributed by atoms with van der Waals surface area (Å²) in [6.07, 6.45) is 6.87. The molecule has 3 rings (SSSR count). The third-order valence-corrected chi connectivity index (χ3v) is 4.88. The lowest BCUT2D eigenvalue weighted by Crippen LogP contribution is -2.28. The van der Waals surface area contributed by atoms with Gasteiger partial charge < -0.3 is 4.74 Å². The second-order valence-electron chi connectivity index (χ2n) is 6.51. The molecule has 1 aliphatic rings. The molecule has 0 radical (unpaired) electrons. The Hall–Kier alpha value is -2.66. The topological polar surface area (TPSA) is 67.8 Å². The van der Waals surface area contributed by atoms with Crippen LogP contribution in [0.5, 0.6) is 5.75 Å². The van der Waals surface area contributed by atoms with Gasteiger partial charge in [-0.3, -0.25) is 4.79 Å². The molecule has 1 fully saturated rings. The van der Waals surface area contributed by atoms with Gasteiger partial charge in [0.05, 0.1) is 16.8 Å². The van der Waals surface area contributed by atoms with E-state index in [-0.39, 0.29) is 11.8 Å². The number of carbonyl (C=O) groups excluding carboxylic acids is 2. The molecule has 1 aliphatic carbocycles. The maximum atomic E-state index is 12.1. The highest BCUT2D eigenvalue weighted by molar-refractivity contribution is 6.33. The van der Waals surface area contributed by atoms with Crippen molar-refractivity contribution in [3.05, 3.63) is 64.7 Å². The van der Waals surface area contributed by atoms with Crippen LogP contribution in [0.2, 0.25) is 5.02 Å². The number of hydrogen-bond acceptors (Lipinski definition) is 4. The molecule has 1 N–H and O–H groups in total. The Kier molecular flexibility index (Phi) is 6.60. The zero-order chi connectivity index (χ0) is 19.1. The molecule has 0 heterocycles. The third-order valence-electron chi connectivity index (χ3n) is 4.55. The Morgan fingerprint density at radius 1 is 1.04 bits per heavy atom. The van der Waals surface area contributed by atoms with E-state index in [0.29, 0.717) is 16.3 Å². The summed E-state index contributed by atoms with van der Waals surface area (Å²) in [6.45, 7) is 0. The number of carbonyl (C=O) groups is 2. The lowest BCUT2D eigenvalue weighted by Gasteiger charge is -2.19. The average Bonchev–Trinajstić information content (AvgIpc) is 2.70. The van der Waals surface area contributed by atoms with Crippen LogP contribution in [0, 0.1) is 5.92 Å². The van der Waals surface area contributed by atoms with Crippen molar-refractivity contribution in [2.24, 2.45) is 11.0 Å². The van der Waals surface area contributed by atoms with E-state index >= 15 is 0 Å².